The summed E-state index contributed by atoms with van der Waals surface area (Å²) in [5.74, 6) is -1.58. The third kappa shape index (κ3) is 3.02. The molecule has 3 amide bonds. The van der Waals surface area contributed by atoms with E-state index in [0.717, 1.165) is 4.90 Å². The molecule has 122 valence electrons. The van der Waals surface area contributed by atoms with E-state index in [4.69, 9.17) is 5.11 Å². The van der Waals surface area contributed by atoms with Gasteiger partial charge in [0.2, 0.25) is 5.91 Å². The number of rotatable bonds is 3. The molecule has 0 bridgehead atoms. The predicted octanol–water partition coefficient (Wildman–Crippen LogP) is 1.55. The molecule has 0 atom stereocenters. The molecule has 0 fully saturated rings. The minimum Gasteiger partial charge on any atom is -0.480 e. The highest BCUT2D eigenvalue weighted by Gasteiger charge is 2.33. The van der Waals surface area contributed by atoms with Gasteiger partial charge in [-0.3, -0.25) is 24.4 Å². The molecule has 2 heterocycles. The molecule has 1 aliphatic heterocycles. The van der Waals surface area contributed by atoms with Gasteiger partial charge in [-0.2, -0.15) is 0 Å². The number of para-hydroxylation sites is 2. The van der Waals surface area contributed by atoms with E-state index in [-0.39, 0.29) is 6.54 Å². The average Bonchev–Trinajstić information content (AvgIpc) is 2.57. The maximum atomic E-state index is 12.5. The predicted molar refractivity (Wildman–Crippen MR) is 87.0 cm³/mol. The highest BCUT2D eigenvalue weighted by atomic mass is 16.4. The van der Waals surface area contributed by atoms with Gasteiger partial charge < -0.3 is 10.4 Å². The van der Waals surface area contributed by atoms with Gasteiger partial charge in [0.15, 0.2) is 0 Å². The summed E-state index contributed by atoms with van der Waals surface area (Å²) in [5, 5.41) is 11.7. The molecule has 0 saturated carbocycles. The van der Waals surface area contributed by atoms with Crippen LogP contribution in [0.3, 0.4) is 0 Å². The third-order valence-corrected chi connectivity index (χ3v) is 3.51. The molecule has 8 heteroatoms. The molecule has 0 spiro atoms. The lowest BCUT2D eigenvalue weighted by molar-refractivity contribution is -0.136. The number of fused-ring (bicyclic) bond motifs is 1. The molecular formula is C16H14N4O4. The fourth-order valence-corrected chi connectivity index (χ4v) is 2.48. The van der Waals surface area contributed by atoms with Crippen molar-refractivity contribution in [3.05, 3.63) is 48.8 Å². The number of aliphatic carboxylic acids is 1. The first-order valence-electron chi connectivity index (χ1n) is 7.16. The van der Waals surface area contributed by atoms with Crippen LogP contribution in [-0.2, 0) is 9.59 Å². The van der Waals surface area contributed by atoms with Gasteiger partial charge in [0.05, 0.1) is 23.3 Å². The fourth-order valence-electron chi connectivity index (χ4n) is 2.48. The lowest BCUT2D eigenvalue weighted by Gasteiger charge is -2.35. The molecule has 24 heavy (non-hydrogen) atoms. The number of urea groups is 1. The normalized spacial score (nSPS) is 13.4. The largest absolute Gasteiger partial charge is 0.480 e. The smallest absolute Gasteiger partial charge is 0.326 e. The lowest BCUT2D eigenvalue weighted by Crippen LogP contribution is -2.50. The molecule has 1 aromatic heterocycles. The van der Waals surface area contributed by atoms with Crippen molar-refractivity contribution in [2.75, 3.05) is 28.2 Å². The Hall–Kier alpha value is -3.42. The van der Waals surface area contributed by atoms with Gasteiger partial charge in [0.25, 0.3) is 0 Å². The summed E-state index contributed by atoms with van der Waals surface area (Å²) in [4.78, 5) is 42.1. The summed E-state index contributed by atoms with van der Waals surface area (Å²) in [6.45, 7) is -0.690. The summed E-state index contributed by atoms with van der Waals surface area (Å²) in [7, 11) is 0. The zero-order chi connectivity index (χ0) is 17.1. The van der Waals surface area contributed by atoms with Crippen molar-refractivity contribution >= 4 is 35.0 Å². The van der Waals surface area contributed by atoms with E-state index in [2.05, 4.69) is 10.3 Å². The molecule has 1 aliphatic rings. The van der Waals surface area contributed by atoms with Crippen molar-refractivity contribution in [3.63, 3.8) is 0 Å². The molecule has 0 saturated heterocycles. The van der Waals surface area contributed by atoms with E-state index in [1.165, 1.54) is 11.1 Å². The Labute approximate surface area is 137 Å². The highest BCUT2D eigenvalue weighted by Crippen LogP contribution is 2.33. The van der Waals surface area contributed by atoms with E-state index in [9.17, 15) is 14.4 Å². The number of carboxylic acids is 1. The first kappa shape index (κ1) is 15.5. The van der Waals surface area contributed by atoms with Crippen LogP contribution in [0, 0.1) is 0 Å². The van der Waals surface area contributed by atoms with E-state index in [1.807, 2.05) is 0 Å². The van der Waals surface area contributed by atoms with Crippen LogP contribution in [0.4, 0.5) is 21.9 Å². The molecule has 1 aromatic carbocycles. The Morgan fingerprint density at radius 2 is 1.92 bits per heavy atom. The van der Waals surface area contributed by atoms with Crippen LogP contribution in [0.2, 0.25) is 0 Å². The second-order valence-corrected chi connectivity index (χ2v) is 5.12. The fraction of sp³-hybridized carbons (Fsp3) is 0.125. The van der Waals surface area contributed by atoms with Gasteiger partial charge in [-0.15, -0.1) is 0 Å². The number of hydrogen-bond donors (Lipinski definition) is 2. The van der Waals surface area contributed by atoms with Crippen LogP contribution in [0.25, 0.3) is 0 Å². The van der Waals surface area contributed by atoms with Gasteiger partial charge in [0.1, 0.15) is 13.1 Å². The number of nitrogens with zero attached hydrogens (tertiary/aromatic N) is 3. The van der Waals surface area contributed by atoms with Gasteiger partial charge in [0, 0.05) is 6.20 Å². The number of pyridine rings is 1. The Bertz CT molecular complexity index is 794. The van der Waals surface area contributed by atoms with Crippen molar-refractivity contribution in [3.8, 4) is 0 Å². The topological polar surface area (TPSA) is 103 Å². The van der Waals surface area contributed by atoms with Crippen LogP contribution in [-0.4, -0.2) is 41.1 Å². The molecule has 2 aromatic rings. The first-order valence-corrected chi connectivity index (χ1v) is 7.16. The Morgan fingerprint density at radius 1 is 1.17 bits per heavy atom. The third-order valence-electron chi connectivity index (χ3n) is 3.51. The van der Waals surface area contributed by atoms with Crippen molar-refractivity contribution in [2.24, 2.45) is 0 Å². The van der Waals surface area contributed by atoms with Gasteiger partial charge in [-0.1, -0.05) is 12.1 Å². The molecular weight excluding hydrogens is 312 g/mol. The standard InChI is InChI=1S/C16H14N4O4/c21-14-9-20(16(24)18-11-4-3-7-17-8-11)13-6-2-1-5-12(13)19(14)10-15(22)23/h1-8H,9-10H2,(H,18,24)(H,22,23). The number of carbonyl (C=O) groups is 3. The quantitative estimate of drug-likeness (QED) is 0.891. The zero-order valence-electron chi connectivity index (χ0n) is 12.5. The van der Waals surface area contributed by atoms with Gasteiger partial charge in [-0.05, 0) is 24.3 Å². The second kappa shape index (κ2) is 6.37. The Balaban J connectivity index is 1.90. The number of aromatic nitrogens is 1. The summed E-state index contributed by atoms with van der Waals surface area (Å²) in [6, 6.07) is 9.55. The Kier molecular flexibility index (Phi) is 4.11. The summed E-state index contributed by atoms with van der Waals surface area (Å²) in [6.07, 6.45) is 3.07. The highest BCUT2D eigenvalue weighted by molar-refractivity contribution is 6.14. The number of carbonyl (C=O) groups excluding carboxylic acids is 2. The van der Waals surface area contributed by atoms with Gasteiger partial charge in [-0.25, -0.2) is 4.79 Å². The first-order chi connectivity index (χ1) is 11.6. The van der Waals surface area contributed by atoms with Crippen LogP contribution >= 0.6 is 0 Å². The van der Waals surface area contributed by atoms with Gasteiger partial charge >= 0.3 is 12.0 Å². The zero-order valence-corrected chi connectivity index (χ0v) is 12.5. The molecule has 2 N–H and O–H groups in total. The number of benzene rings is 1. The van der Waals surface area contributed by atoms with Crippen LogP contribution < -0.4 is 15.1 Å². The number of nitrogens with one attached hydrogen (secondary N) is 1. The number of amides is 3. The molecule has 0 aliphatic carbocycles. The second-order valence-electron chi connectivity index (χ2n) is 5.12. The van der Waals surface area contributed by atoms with Crippen molar-refractivity contribution in [1.82, 2.24) is 4.98 Å². The minimum atomic E-state index is -1.12. The van der Waals surface area contributed by atoms with Crippen LogP contribution in [0.1, 0.15) is 0 Å². The maximum Gasteiger partial charge on any atom is 0.326 e. The van der Waals surface area contributed by atoms with E-state index in [0.29, 0.717) is 17.1 Å². The van der Waals surface area contributed by atoms with Crippen LogP contribution in [0.15, 0.2) is 48.8 Å². The van der Waals surface area contributed by atoms with Crippen molar-refractivity contribution in [2.45, 2.75) is 0 Å². The van der Waals surface area contributed by atoms with Crippen molar-refractivity contribution < 1.29 is 19.5 Å². The van der Waals surface area contributed by atoms with E-state index >= 15 is 0 Å². The monoisotopic (exact) mass is 326 g/mol. The summed E-state index contributed by atoms with van der Waals surface area (Å²) < 4.78 is 0. The SMILES string of the molecule is O=C(O)CN1C(=O)CN(C(=O)Nc2cccnc2)c2ccccc21. The van der Waals surface area contributed by atoms with E-state index in [1.54, 1.807) is 42.6 Å². The molecule has 0 radical (unpaired) electrons. The van der Waals surface area contributed by atoms with E-state index < -0.39 is 24.5 Å². The maximum absolute atomic E-state index is 12.5. The van der Waals surface area contributed by atoms with Crippen LogP contribution in [0.5, 0.6) is 0 Å². The summed E-state index contributed by atoms with van der Waals surface area (Å²) in [5.41, 5.74) is 1.36. The number of carboxylic acid groups (broad SMARTS) is 1. The number of hydrogen-bond acceptors (Lipinski definition) is 4. The number of anilines is 3. The average molecular weight is 326 g/mol. The van der Waals surface area contributed by atoms with Crippen molar-refractivity contribution in [1.29, 1.82) is 0 Å². The molecule has 8 nitrogen and oxygen atoms in total. The lowest BCUT2D eigenvalue weighted by atomic mass is 10.1. The minimum absolute atomic E-state index is 0.240. The summed E-state index contributed by atoms with van der Waals surface area (Å²) >= 11 is 0. The molecule has 3 rings (SSSR count). The Morgan fingerprint density at radius 3 is 2.58 bits per heavy atom. The molecule has 0 unspecified atom stereocenters.